The Morgan fingerprint density at radius 3 is 2.69 bits per heavy atom. The van der Waals surface area contributed by atoms with E-state index in [1.165, 1.54) is 7.11 Å². The first kappa shape index (κ1) is 13.4. The number of aliphatic carboxylic acids is 1. The third kappa shape index (κ3) is 4.47. The lowest BCUT2D eigenvalue weighted by Gasteiger charge is -2.29. The van der Waals surface area contributed by atoms with Crippen LogP contribution in [0.2, 0.25) is 0 Å². The number of carboxylic acid groups (broad SMARTS) is 1. The number of nitrogens with one attached hydrogen (secondary N) is 1. The molecule has 0 aliphatic carbocycles. The Morgan fingerprint density at radius 2 is 2.19 bits per heavy atom. The van der Waals surface area contributed by atoms with Gasteiger partial charge in [-0.3, -0.25) is 4.79 Å². The van der Waals surface area contributed by atoms with Crippen LogP contribution < -0.4 is 5.32 Å². The van der Waals surface area contributed by atoms with E-state index < -0.39 is 12.0 Å². The van der Waals surface area contributed by atoms with Crippen molar-refractivity contribution in [2.45, 2.75) is 18.9 Å². The predicted octanol–water partition coefficient (Wildman–Crippen LogP) is 0.0174. The van der Waals surface area contributed by atoms with Gasteiger partial charge in [-0.25, -0.2) is 0 Å². The molecule has 1 rings (SSSR count). The number of hydrogen-bond donors (Lipinski definition) is 2. The average Bonchev–Trinajstić information content (AvgIpc) is 2.26. The highest BCUT2D eigenvalue weighted by Gasteiger charge is 2.21. The van der Waals surface area contributed by atoms with E-state index in [1.807, 2.05) is 0 Å². The lowest BCUT2D eigenvalue weighted by Crippen LogP contribution is -2.44. The molecule has 0 spiro atoms. The molecule has 1 atom stereocenters. The predicted molar refractivity (Wildman–Crippen MR) is 61.5 cm³/mol. The molecule has 1 heterocycles. The van der Waals surface area contributed by atoms with Gasteiger partial charge in [-0.15, -0.1) is 0 Å². The number of carboxylic acids is 1. The first-order chi connectivity index (χ1) is 7.63. The second-order valence-electron chi connectivity index (χ2n) is 4.50. The molecule has 1 fully saturated rings. The van der Waals surface area contributed by atoms with Gasteiger partial charge in [0.15, 0.2) is 0 Å². The molecule has 0 bridgehead atoms. The van der Waals surface area contributed by atoms with Gasteiger partial charge in [0.1, 0.15) is 6.04 Å². The number of hydrogen-bond acceptors (Lipinski definition) is 4. The van der Waals surface area contributed by atoms with E-state index in [0.29, 0.717) is 5.92 Å². The standard InChI is InChI=1S/C11H22N2O3/c1-13-5-3-9(4-6-13)7-12-10(8-16-2)11(14)15/h9-10,12H,3-8H2,1-2H3,(H,14,15). The molecule has 5 nitrogen and oxygen atoms in total. The zero-order valence-electron chi connectivity index (χ0n) is 10.1. The minimum atomic E-state index is -0.838. The van der Waals surface area contributed by atoms with Crippen LogP contribution in [0, 0.1) is 5.92 Å². The summed E-state index contributed by atoms with van der Waals surface area (Å²) in [4.78, 5) is 13.2. The smallest absolute Gasteiger partial charge is 0.323 e. The Kier molecular flexibility index (Phi) is 5.73. The van der Waals surface area contributed by atoms with E-state index >= 15 is 0 Å². The molecule has 1 saturated heterocycles. The highest BCUT2D eigenvalue weighted by Crippen LogP contribution is 2.14. The van der Waals surface area contributed by atoms with Gasteiger partial charge in [-0.1, -0.05) is 0 Å². The lowest BCUT2D eigenvalue weighted by molar-refractivity contribution is -0.140. The fraction of sp³-hybridized carbons (Fsp3) is 0.909. The summed E-state index contributed by atoms with van der Waals surface area (Å²) in [6.07, 6.45) is 2.28. The van der Waals surface area contributed by atoms with Crippen molar-refractivity contribution in [2.24, 2.45) is 5.92 Å². The van der Waals surface area contributed by atoms with Crippen molar-refractivity contribution in [3.8, 4) is 0 Å². The van der Waals surface area contributed by atoms with E-state index in [4.69, 9.17) is 9.84 Å². The second kappa shape index (κ2) is 6.83. The molecule has 0 saturated carbocycles. The van der Waals surface area contributed by atoms with Gasteiger partial charge in [0.2, 0.25) is 0 Å². The highest BCUT2D eigenvalue weighted by molar-refractivity contribution is 5.73. The third-order valence-electron chi connectivity index (χ3n) is 3.12. The Morgan fingerprint density at radius 1 is 1.56 bits per heavy atom. The first-order valence-electron chi connectivity index (χ1n) is 5.77. The minimum absolute atomic E-state index is 0.224. The van der Waals surface area contributed by atoms with Crippen LogP contribution in [0.4, 0.5) is 0 Å². The van der Waals surface area contributed by atoms with Crippen LogP contribution in [0.15, 0.2) is 0 Å². The van der Waals surface area contributed by atoms with Crippen LogP contribution in [0.3, 0.4) is 0 Å². The van der Waals surface area contributed by atoms with Crippen LogP contribution in [-0.2, 0) is 9.53 Å². The summed E-state index contributed by atoms with van der Waals surface area (Å²) in [5, 5.41) is 12.0. The zero-order chi connectivity index (χ0) is 12.0. The third-order valence-corrected chi connectivity index (χ3v) is 3.12. The molecule has 1 aliphatic heterocycles. The van der Waals surface area contributed by atoms with E-state index in [9.17, 15) is 4.79 Å². The van der Waals surface area contributed by atoms with E-state index in [2.05, 4.69) is 17.3 Å². The van der Waals surface area contributed by atoms with E-state index in [-0.39, 0.29) is 6.61 Å². The lowest BCUT2D eigenvalue weighted by atomic mass is 9.97. The van der Waals surface area contributed by atoms with Crippen molar-refractivity contribution in [2.75, 3.05) is 40.4 Å². The quantitative estimate of drug-likeness (QED) is 0.673. The molecule has 0 radical (unpaired) electrons. The molecule has 5 heteroatoms. The van der Waals surface area contributed by atoms with Gasteiger partial charge in [0, 0.05) is 7.11 Å². The Balaban J connectivity index is 2.23. The van der Waals surface area contributed by atoms with Crippen molar-refractivity contribution in [1.29, 1.82) is 0 Å². The largest absolute Gasteiger partial charge is 0.480 e. The number of nitrogens with zero attached hydrogens (tertiary/aromatic N) is 1. The molecular weight excluding hydrogens is 208 g/mol. The Bertz CT molecular complexity index is 215. The molecule has 2 N–H and O–H groups in total. The van der Waals surface area contributed by atoms with Crippen molar-refractivity contribution >= 4 is 5.97 Å². The number of piperidine rings is 1. The molecule has 16 heavy (non-hydrogen) atoms. The number of carbonyl (C=O) groups is 1. The summed E-state index contributed by atoms with van der Waals surface area (Å²) in [5.41, 5.74) is 0. The number of rotatable bonds is 6. The maximum atomic E-state index is 10.9. The van der Waals surface area contributed by atoms with Crippen LogP contribution >= 0.6 is 0 Å². The highest BCUT2D eigenvalue weighted by atomic mass is 16.5. The van der Waals surface area contributed by atoms with Gasteiger partial charge in [0.05, 0.1) is 6.61 Å². The average molecular weight is 230 g/mol. The SMILES string of the molecule is COCC(NCC1CCN(C)CC1)C(=O)O. The van der Waals surface area contributed by atoms with Crippen molar-refractivity contribution in [3.63, 3.8) is 0 Å². The second-order valence-corrected chi connectivity index (χ2v) is 4.50. The fourth-order valence-corrected chi connectivity index (χ4v) is 1.96. The van der Waals surface area contributed by atoms with Gasteiger partial charge < -0.3 is 20.1 Å². The molecule has 94 valence electrons. The summed E-state index contributed by atoms with van der Waals surface area (Å²) in [6.45, 7) is 3.21. The van der Waals surface area contributed by atoms with Gasteiger partial charge in [0.25, 0.3) is 0 Å². The van der Waals surface area contributed by atoms with Crippen molar-refractivity contribution < 1.29 is 14.6 Å². The summed E-state index contributed by atoms with van der Waals surface area (Å²) in [7, 11) is 3.64. The van der Waals surface area contributed by atoms with Gasteiger partial charge in [-0.05, 0) is 45.4 Å². The number of likely N-dealkylation sites (tertiary alicyclic amines) is 1. The molecule has 0 aromatic carbocycles. The van der Waals surface area contributed by atoms with E-state index in [0.717, 1.165) is 32.5 Å². The molecule has 0 amide bonds. The number of ether oxygens (including phenoxy) is 1. The minimum Gasteiger partial charge on any atom is -0.480 e. The Hall–Kier alpha value is -0.650. The molecule has 1 unspecified atom stereocenters. The maximum absolute atomic E-state index is 10.9. The van der Waals surface area contributed by atoms with Crippen LogP contribution in [-0.4, -0.2) is 62.4 Å². The zero-order valence-corrected chi connectivity index (χ0v) is 10.1. The summed E-state index contributed by atoms with van der Waals surface area (Å²) in [5.74, 6) is -0.246. The summed E-state index contributed by atoms with van der Waals surface area (Å²) in [6, 6.07) is -0.579. The van der Waals surface area contributed by atoms with Crippen molar-refractivity contribution in [3.05, 3.63) is 0 Å². The first-order valence-corrected chi connectivity index (χ1v) is 5.77. The topological polar surface area (TPSA) is 61.8 Å². The van der Waals surface area contributed by atoms with Gasteiger partial charge in [-0.2, -0.15) is 0 Å². The molecule has 1 aliphatic rings. The maximum Gasteiger partial charge on any atom is 0.323 e. The molecule has 0 aromatic rings. The van der Waals surface area contributed by atoms with Crippen LogP contribution in [0.25, 0.3) is 0 Å². The Labute approximate surface area is 96.8 Å². The van der Waals surface area contributed by atoms with Crippen LogP contribution in [0.1, 0.15) is 12.8 Å². The number of methoxy groups -OCH3 is 1. The normalized spacial score (nSPS) is 20.9. The molecule has 0 aromatic heterocycles. The molecular formula is C11H22N2O3. The summed E-state index contributed by atoms with van der Waals surface area (Å²) < 4.78 is 4.87. The van der Waals surface area contributed by atoms with Gasteiger partial charge >= 0.3 is 5.97 Å². The summed E-state index contributed by atoms with van der Waals surface area (Å²) >= 11 is 0. The fourth-order valence-electron chi connectivity index (χ4n) is 1.96. The van der Waals surface area contributed by atoms with Crippen LogP contribution in [0.5, 0.6) is 0 Å². The monoisotopic (exact) mass is 230 g/mol. The van der Waals surface area contributed by atoms with E-state index in [1.54, 1.807) is 0 Å². The van der Waals surface area contributed by atoms with Crippen molar-refractivity contribution in [1.82, 2.24) is 10.2 Å².